The van der Waals surface area contributed by atoms with Crippen LogP contribution in [0, 0.1) is 0 Å². The minimum absolute atomic E-state index is 0.262. The van der Waals surface area contributed by atoms with Crippen LogP contribution in [0.3, 0.4) is 0 Å². The largest absolute Gasteiger partial charge is 0.384 e. The zero-order valence-corrected chi connectivity index (χ0v) is 14.6. The predicted molar refractivity (Wildman–Crippen MR) is 98.2 cm³/mol. The number of carbonyl (C=O) groups is 1. The number of fused-ring (bicyclic) bond motifs is 1. The lowest BCUT2D eigenvalue weighted by molar-refractivity contribution is -0.140. The molecule has 0 saturated heterocycles. The third-order valence-corrected chi connectivity index (χ3v) is 4.76. The van der Waals surface area contributed by atoms with Gasteiger partial charge in [-0.2, -0.15) is 0 Å². The molecule has 0 bridgehead atoms. The molecule has 5 heteroatoms. The van der Waals surface area contributed by atoms with E-state index in [4.69, 9.17) is 4.52 Å². The number of aliphatic hydroxyl groups excluding tert-OH is 1. The van der Waals surface area contributed by atoms with Crippen LogP contribution in [-0.4, -0.2) is 33.7 Å². The molecule has 1 aliphatic heterocycles. The molecule has 26 heavy (non-hydrogen) atoms. The van der Waals surface area contributed by atoms with Crippen LogP contribution in [0.15, 0.2) is 59.1 Å². The van der Waals surface area contributed by atoms with Gasteiger partial charge in [0.2, 0.25) is 0 Å². The summed E-state index contributed by atoms with van der Waals surface area (Å²) in [5.41, 5.74) is 4.95. The summed E-state index contributed by atoms with van der Waals surface area (Å²) >= 11 is 0. The first-order valence-corrected chi connectivity index (χ1v) is 8.73. The molecular weight excluding hydrogens is 328 g/mol. The Morgan fingerprint density at radius 3 is 2.42 bits per heavy atom. The second kappa shape index (κ2) is 6.77. The van der Waals surface area contributed by atoms with Crippen molar-refractivity contribution in [1.29, 1.82) is 0 Å². The molecule has 1 amide bonds. The number of hydrogen-bond donors (Lipinski definition) is 1. The summed E-state index contributed by atoms with van der Waals surface area (Å²) < 4.78 is 5.49. The minimum atomic E-state index is -0.995. The van der Waals surface area contributed by atoms with Crippen LogP contribution in [0.25, 0.3) is 22.4 Å². The molecule has 3 aromatic rings. The number of aromatic nitrogens is 1. The van der Waals surface area contributed by atoms with Crippen molar-refractivity contribution in [3.05, 3.63) is 65.9 Å². The summed E-state index contributed by atoms with van der Waals surface area (Å²) in [6.45, 7) is 2.45. The maximum absolute atomic E-state index is 12.1. The average Bonchev–Trinajstić information content (AvgIpc) is 3.11. The van der Waals surface area contributed by atoms with E-state index in [9.17, 15) is 9.90 Å². The van der Waals surface area contributed by atoms with Crippen molar-refractivity contribution in [1.82, 2.24) is 10.1 Å². The molecule has 0 unspecified atom stereocenters. The molecule has 2 aromatic carbocycles. The molecule has 132 valence electrons. The van der Waals surface area contributed by atoms with Crippen LogP contribution in [0.4, 0.5) is 0 Å². The molecular formula is C21H20N2O3. The van der Waals surface area contributed by atoms with Gasteiger partial charge < -0.3 is 14.5 Å². The van der Waals surface area contributed by atoms with Crippen molar-refractivity contribution < 1.29 is 14.4 Å². The minimum Gasteiger partial charge on any atom is -0.384 e. The summed E-state index contributed by atoms with van der Waals surface area (Å²) in [7, 11) is 0. The molecule has 5 nitrogen and oxygen atoms in total. The number of hydrogen-bond acceptors (Lipinski definition) is 4. The molecule has 0 aliphatic carbocycles. The Balaban J connectivity index is 1.62. The topological polar surface area (TPSA) is 66.6 Å². The van der Waals surface area contributed by atoms with E-state index in [2.05, 4.69) is 29.4 Å². The van der Waals surface area contributed by atoms with Crippen molar-refractivity contribution in [3.8, 4) is 22.4 Å². The average molecular weight is 348 g/mol. The monoisotopic (exact) mass is 348 g/mol. The van der Waals surface area contributed by atoms with Gasteiger partial charge in [-0.3, -0.25) is 4.79 Å². The molecule has 0 saturated carbocycles. The van der Waals surface area contributed by atoms with Gasteiger partial charge in [0.05, 0.1) is 6.54 Å². The second-order valence-electron chi connectivity index (χ2n) is 6.56. The van der Waals surface area contributed by atoms with Crippen LogP contribution in [0.5, 0.6) is 0 Å². The first-order chi connectivity index (χ1) is 12.6. The van der Waals surface area contributed by atoms with Gasteiger partial charge in [0.15, 0.2) is 0 Å². The second-order valence-corrected chi connectivity index (χ2v) is 6.56. The number of nitrogens with zero attached hydrogens (tertiary/aromatic N) is 2. The van der Waals surface area contributed by atoms with E-state index < -0.39 is 6.10 Å². The highest BCUT2D eigenvalue weighted by molar-refractivity contribution is 5.81. The lowest BCUT2D eigenvalue weighted by Crippen LogP contribution is -2.40. The molecule has 0 spiro atoms. The summed E-state index contributed by atoms with van der Waals surface area (Å²) in [5, 5.41) is 13.8. The van der Waals surface area contributed by atoms with E-state index in [1.54, 1.807) is 4.90 Å². The Bertz CT molecular complexity index is 914. The highest BCUT2D eigenvalue weighted by Gasteiger charge is 2.29. The normalized spacial score (nSPS) is 14.8. The van der Waals surface area contributed by atoms with Crippen molar-refractivity contribution >= 4 is 5.91 Å². The molecule has 1 aliphatic rings. The van der Waals surface area contributed by atoms with Gasteiger partial charge in [0.25, 0.3) is 5.91 Å². The molecule has 2 heterocycles. The highest BCUT2D eigenvalue weighted by Crippen LogP contribution is 2.31. The summed E-state index contributed by atoms with van der Waals surface area (Å²) in [6, 6.07) is 18.4. The number of carbonyl (C=O) groups excluding carboxylic acids is 1. The van der Waals surface area contributed by atoms with Gasteiger partial charge in [-0.1, -0.05) is 59.8 Å². The fourth-order valence-electron chi connectivity index (χ4n) is 3.34. The summed E-state index contributed by atoms with van der Waals surface area (Å²) in [4.78, 5) is 13.8. The van der Waals surface area contributed by atoms with E-state index in [0.717, 1.165) is 33.7 Å². The van der Waals surface area contributed by atoms with Crippen LogP contribution < -0.4 is 0 Å². The van der Waals surface area contributed by atoms with E-state index in [1.165, 1.54) is 6.92 Å². The first kappa shape index (κ1) is 16.5. The number of aliphatic hydroxyl groups is 1. The lowest BCUT2D eigenvalue weighted by atomic mass is 9.98. The van der Waals surface area contributed by atoms with Crippen molar-refractivity contribution in [2.24, 2.45) is 0 Å². The third-order valence-electron chi connectivity index (χ3n) is 4.76. The molecule has 4 rings (SSSR count). The molecule has 1 N–H and O–H groups in total. The van der Waals surface area contributed by atoms with Gasteiger partial charge >= 0.3 is 0 Å². The van der Waals surface area contributed by atoms with E-state index >= 15 is 0 Å². The Kier molecular flexibility index (Phi) is 4.31. The quantitative estimate of drug-likeness (QED) is 0.789. The SMILES string of the molecule is C[C@@H](O)C(=O)N1CCc2onc(-c3ccc(-c4ccccc4)cc3)c2C1. The number of rotatable bonds is 3. The van der Waals surface area contributed by atoms with Crippen LogP contribution in [-0.2, 0) is 17.8 Å². The van der Waals surface area contributed by atoms with E-state index in [1.807, 2.05) is 30.3 Å². The van der Waals surface area contributed by atoms with Crippen LogP contribution >= 0.6 is 0 Å². The Labute approximate surface area is 151 Å². The van der Waals surface area contributed by atoms with E-state index in [-0.39, 0.29) is 5.91 Å². The van der Waals surface area contributed by atoms with Crippen molar-refractivity contribution in [2.45, 2.75) is 26.0 Å². The van der Waals surface area contributed by atoms with Crippen LogP contribution in [0.1, 0.15) is 18.2 Å². The Hall–Kier alpha value is -2.92. The van der Waals surface area contributed by atoms with E-state index in [0.29, 0.717) is 19.5 Å². The molecule has 0 radical (unpaired) electrons. The van der Waals surface area contributed by atoms with Gasteiger partial charge in [-0.25, -0.2) is 0 Å². The van der Waals surface area contributed by atoms with Gasteiger partial charge in [-0.05, 0) is 18.1 Å². The Morgan fingerprint density at radius 1 is 1.08 bits per heavy atom. The fraction of sp³-hybridized carbons (Fsp3) is 0.238. The highest BCUT2D eigenvalue weighted by atomic mass is 16.5. The Morgan fingerprint density at radius 2 is 1.73 bits per heavy atom. The van der Waals surface area contributed by atoms with Crippen LogP contribution in [0.2, 0.25) is 0 Å². The maximum atomic E-state index is 12.1. The molecule has 0 fully saturated rings. The summed E-state index contributed by atoms with van der Waals surface area (Å²) in [5.74, 6) is 0.559. The lowest BCUT2D eigenvalue weighted by Gasteiger charge is -2.27. The zero-order valence-electron chi connectivity index (χ0n) is 14.6. The fourth-order valence-corrected chi connectivity index (χ4v) is 3.34. The molecule has 1 atom stereocenters. The van der Waals surface area contributed by atoms with Gasteiger partial charge in [0.1, 0.15) is 17.6 Å². The number of benzene rings is 2. The van der Waals surface area contributed by atoms with Crippen molar-refractivity contribution in [2.75, 3.05) is 6.54 Å². The first-order valence-electron chi connectivity index (χ1n) is 8.73. The smallest absolute Gasteiger partial charge is 0.251 e. The standard InChI is InChI=1S/C21H20N2O3/c1-14(24)21(25)23-12-11-19-18(13-23)20(22-26-19)17-9-7-16(8-10-17)15-5-3-2-4-6-15/h2-10,14,24H,11-13H2,1H3/t14-/m1/s1. The van der Waals surface area contributed by atoms with Crippen molar-refractivity contribution in [3.63, 3.8) is 0 Å². The van der Waals surface area contributed by atoms with Gasteiger partial charge in [0, 0.05) is 24.1 Å². The predicted octanol–water partition coefficient (Wildman–Crippen LogP) is 3.27. The third kappa shape index (κ3) is 3.02. The summed E-state index contributed by atoms with van der Waals surface area (Å²) in [6.07, 6.45) is -0.381. The maximum Gasteiger partial charge on any atom is 0.251 e. The molecule has 1 aromatic heterocycles. The van der Waals surface area contributed by atoms with Gasteiger partial charge in [-0.15, -0.1) is 0 Å². The number of amides is 1. The zero-order chi connectivity index (χ0) is 18.1.